The monoisotopic (exact) mass is 702 g/mol. The number of para-hydroxylation sites is 1. The van der Waals surface area contributed by atoms with Gasteiger partial charge in [-0.05, 0) is 113 Å². The van der Waals surface area contributed by atoms with E-state index in [1.165, 1.54) is 107 Å². The molecule has 0 fully saturated rings. The molecule has 2 heterocycles. The molecule has 10 aromatic carbocycles. The van der Waals surface area contributed by atoms with Crippen LogP contribution < -0.4 is 0 Å². The molecule has 0 spiro atoms. The summed E-state index contributed by atoms with van der Waals surface area (Å²) in [4.78, 5) is 0. The zero-order chi connectivity index (χ0) is 35.3. The summed E-state index contributed by atoms with van der Waals surface area (Å²) in [5.74, 6) is 0. The van der Waals surface area contributed by atoms with Gasteiger partial charge in [-0.15, -0.1) is 11.3 Å². The zero-order valence-corrected chi connectivity index (χ0v) is 30.0. The summed E-state index contributed by atoms with van der Waals surface area (Å²) in [6.45, 7) is 0. The van der Waals surface area contributed by atoms with Crippen LogP contribution in [0, 0.1) is 0 Å². The number of hydrogen-bond acceptors (Lipinski definition) is 2. The lowest BCUT2D eigenvalue weighted by Crippen LogP contribution is -1.92. The van der Waals surface area contributed by atoms with Crippen molar-refractivity contribution in [1.82, 2.24) is 0 Å². The highest BCUT2D eigenvalue weighted by Gasteiger charge is 2.19. The van der Waals surface area contributed by atoms with Crippen molar-refractivity contribution in [2.75, 3.05) is 0 Å². The molecule has 2 heteroatoms. The number of rotatable bonds is 3. The molecule has 0 aliphatic carbocycles. The average molecular weight is 703 g/mol. The predicted molar refractivity (Wildman–Crippen MR) is 233 cm³/mol. The van der Waals surface area contributed by atoms with Gasteiger partial charge in [0.15, 0.2) is 5.58 Å². The van der Waals surface area contributed by atoms with Gasteiger partial charge in [-0.1, -0.05) is 146 Å². The maximum atomic E-state index is 6.43. The molecule has 0 atom stereocenters. The van der Waals surface area contributed by atoms with Crippen molar-refractivity contribution in [2.24, 2.45) is 0 Å². The number of fused-ring (bicyclic) bond motifs is 11. The summed E-state index contributed by atoms with van der Waals surface area (Å²) >= 11 is 1.83. The number of furan rings is 1. The maximum Gasteiger partial charge on any atom is 0.153 e. The Kier molecular flexibility index (Phi) is 6.28. The summed E-state index contributed by atoms with van der Waals surface area (Å²) in [7, 11) is 0. The van der Waals surface area contributed by atoms with Crippen LogP contribution in [0.5, 0.6) is 0 Å². The highest BCUT2D eigenvalue weighted by atomic mass is 32.1. The minimum absolute atomic E-state index is 0.941. The SMILES string of the molecule is c1cc(-c2ccc3cc4c(cc3c2)sc2c4ccc3c4ccccc4oc32)cc(-c2c3ccccc3c(-c3cccc4ccccc34)c3ccccc23)c1. The van der Waals surface area contributed by atoms with Crippen molar-refractivity contribution in [3.8, 4) is 33.4 Å². The molecule has 0 N–H and O–H groups in total. The van der Waals surface area contributed by atoms with Gasteiger partial charge < -0.3 is 4.42 Å². The summed E-state index contributed by atoms with van der Waals surface area (Å²) in [6.07, 6.45) is 0. The molecule has 0 saturated carbocycles. The maximum absolute atomic E-state index is 6.43. The fourth-order valence-corrected chi connectivity index (χ4v) is 10.2. The van der Waals surface area contributed by atoms with Crippen molar-refractivity contribution >= 4 is 96.5 Å². The predicted octanol–water partition coefficient (Wildman–Crippen LogP) is 15.6. The Balaban J connectivity index is 1.03. The van der Waals surface area contributed by atoms with Gasteiger partial charge in [0.05, 0.1) is 4.70 Å². The highest BCUT2D eigenvalue weighted by Crippen LogP contribution is 2.47. The minimum Gasteiger partial charge on any atom is -0.455 e. The lowest BCUT2D eigenvalue weighted by Gasteiger charge is -2.19. The summed E-state index contributed by atoms with van der Waals surface area (Å²) in [5.41, 5.74) is 9.41. The number of thiophene rings is 1. The van der Waals surface area contributed by atoms with Gasteiger partial charge >= 0.3 is 0 Å². The van der Waals surface area contributed by atoms with Crippen LogP contribution in [-0.2, 0) is 0 Å². The zero-order valence-electron chi connectivity index (χ0n) is 29.1. The van der Waals surface area contributed by atoms with Crippen LogP contribution in [0.4, 0.5) is 0 Å². The molecule has 0 aliphatic heterocycles. The molecular formula is C52H30OS. The molecule has 0 amide bonds. The van der Waals surface area contributed by atoms with Gasteiger partial charge in [0.2, 0.25) is 0 Å². The summed E-state index contributed by atoms with van der Waals surface area (Å²) in [5, 5.41) is 15.0. The van der Waals surface area contributed by atoms with E-state index in [1.807, 2.05) is 17.4 Å². The first-order valence-corrected chi connectivity index (χ1v) is 19.3. The Morgan fingerprint density at radius 1 is 0.333 bits per heavy atom. The summed E-state index contributed by atoms with van der Waals surface area (Å²) in [6, 6.07) is 66.9. The molecule has 1 nitrogen and oxygen atoms in total. The van der Waals surface area contributed by atoms with Crippen molar-refractivity contribution in [3.63, 3.8) is 0 Å². The topological polar surface area (TPSA) is 13.1 Å². The van der Waals surface area contributed by atoms with E-state index in [1.54, 1.807) is 0 Å². The smallest absolute Gasteiger partial charge is 0.153 e. The second kappa shape index (κ2) is 11.4. The number of benzene rings is 10. The van der Waals surface area contributed by atoms with Crippen molar-refractivity contribution in [1.29, 1.82) is 0 Å². The van der Waals surface area contributed by atoms with Gasteiger partial charge in [-0.2, -0.15) is 0 Å². The quantitative estimate of drug-likeness (QED) is 0.167. The third-order valence-electron chi connectivity index (χ3n) is 11.4. The normalized spacial score (nSPS) is 12.1. The first kappa shape index (κ1) is 29.8. The van der Waals surface area contributed by atoms with E-state index in [0.717, 1.165) is 11.2 Å². The molecule has 12 rings (SSSR count). The number of hydrogen-bond donors (Lipinski definition) is 0. The molecule has 0 radical (unpaired) electrons. The van der Waals surface area contributed by atoms with Crippen LogP contribution in [0.2, 0.25) is 0 Å². The lowest BCUT2D eigenvalue weighted by molar-refractivity contribution is 0.673. The van der Waals surface area contributed by atoms with Gasteiger partial charge in [0.25, 0.3) is 0 Å². The Labute approximate surface area is 314 Å². The van der Waals surface area contributed by atoms with E-state index in [2.05, 4.69) is 176 Å². The van der Waals surface area contributed by atoms with Crippen molar-refractivity contribution < 1.29 is 4.42 Å². The van der Waals surface area contributed by atoms with E-state index in [0.29, 0.717) is 0 Å². The van der Waals surface area contributed by atoms with Crippen LogP contribution >= 0.6 is 11.3 Å². The van der Waals surface area contributed by atoms with Crippen LogP contribution in [0.15, 0.2) is 186 Å². The van der Waals surface area contributed by atoms with E-state index in [9.17, 15) is 0 Å². The van der Waals surface area contributed by atoms with Crippen molar-refractivity contribution in [2.45, 2.75) is 0 Å². The van der Waals surface area contributed by atoms with Crippen LogP contribution in [0.1, 0.15) is 0 Å². The van der Waals surface area contributed by atoms with Gasteiger partial charge in [-0.3, -0.25) is 0 Å². The van der Waals surface area contributed by atoms with E-state index in [-0.39, 0.29) is 0 Å². The standard InChI is InChI=1S/C52H30OS/c1-2-15-37-31(11-1)12-10-21-39(37)50-42-19-5-3-17-40(42)49(41-18-4-6-20-43(41)50)35-14-9-13-32(27-35)33-23-24-34-29-46-45-26-25-44-38-16-7-8-22-47(38)53-51(44)52(45)54-48(46)30-36(34)28-33/h1-30H. The Bertz CT molecular complexity index is 3450. The molecule has 2 aromatic heterocycles. The molecule has 0 unspecified atom stereocenters. The Morgan fingerprint density at radius 2 is 0.963 bits per heavy atom. The second-order valence-electron chi connectivity index (χ2n) is 14.4. The van der Waals surface area contributed by atoms with E-state index in [4.69, 9.17) is 4.42 Å². The average Bonchev–Trinajstić information content (AvgIpc) is 3.80. The highest BCUT2D eigenvalue weighted by molar-refractivity contribution is 7.26. The third kappa shape index (κ3) is 4.32. The van der Waals surface area contributed by atoms with Crippen LogP contribution in [0.3, 0.4) is 0 Å². The molecule has 54 heavy (non-hydrogen) atoms. The van der Waals surface area contributed by atoms with E-state index >= 15 is 0 Å². The molecule has 0 bridgehead atoms. The lowest BCUT2D eigenvalue weighted by atomic mass is 9.84. The molecular weight excluding hydrogens is 673 g/mol. The second-order valence-corrected chi connectivity index (χ2v) is 15.4. The van der Waals surface area contributed by atoms with Crippen LogP contribution in [-0.4, -0.2) is 0 Å². The molecule has 0 aliphatic rings. The van der Waals surface area contributed by atoms with Gasteiger partial charge in [-0.25, -0.2) is 0 Å². The molecule has 12 aromatic rings. The van der Waals surface area contributed by atoms with E-state index < -0.39 is 0 Å². The van der Waals surface area contributed by atoms with Crippen LogP contribution in [0.25, 0.3) is 119 Å². The first-order valence-electron chi connectivity index (χ1n) is 18.5. The Hall–Kier alpha value is -6.74. The van der Waals surface area contributed by atoms with Gasteiger partial charge in [0, 0.05) is 26.2 Å². The third-order valence-corrected chi connectivity index (χ3v) is 12.6. The largest absolute Gasteiger partial charge is 0.455 e. The fraction of sp³-hybridized carbons (Fsp3) is 0. The molecule has 0 saturated heterocycles. The van der Waals surface area contributed by atoms with Crippen molar-refractivity contribution in [3.05, 3.63) is 182 Å². The fourth-order valence-electron chi connectivity index (χ4n) is 8.97. The van der Waals surface area contributed by atoms with Gasteiger partial charge in [0.1, 0.15) is 5.58 Å². The minimum atomic E-state index is 0.941. The Morgan fingerprint density at radius 3 is 1.78 bits per heavy atom. The first-order chi connectivity index (χ1) is 26.8. The summed E-state index contributed by atoms with van der Waals surface area (Å²) < 4.78 is 8.92. The molecule has 250 valence electrons.